The third-order valence-corrected chi connectivity index (χ3v) is 4.09. The van der Waals surface area contributed by atoms with E-state index in [-0.39, 0.29) is 19.1 Å². The van der Waals surface area contributed by atoms with Gasteiger partial charge in [-0.3, -0.25) is 0 Å². The summed E-state index contributed by atoms with van der Waals surface area (Å²) in [6, 6.07) is 10.5. The molecule has 31 heavy (non-hydrogen) atoms. The fraction of sp³-hybridized carbons (Fsp3) is 0.364. The van der Waals surface area contributed by atoms with Crippen molar-refractivity contribution in [2.24, 2.45) is 0 Å². The minimum atomic E-state index is -4.70. The van der Waals surface area contributed by atoms with E-state index < -0.39 is 29.1 Å². The molecule has 0 spiro atoms. The van der Waals surface area contributed by atoms with Crippen LogP contribution in [0.5, 0.6) is 5.88 Å². The van der Waals surface area contributed by atoms with Gasteiger partial charge in [-0.15, -0.1) is 0 Å². The summed E-state index contributed by atoms with van der Waals surface area (Å²) >= 11 is 0. The van der Waals surface area contributed by atoms with Crippen LogP contribution < -0.4 is 10.5 Å². The van der Waals surface area contributed by atoms with Gasteiger partial charge in [0.1, 0.15) is 5.82 Å². The van der Waals surface area contributed by atoms with E-state index in [0.29, 0.717) is 26.1 Å². The van der Waals surface area contributed by atoms with Crippen molar-refractivity contribution in [2.45, 2.75) is 32.5 Å². The van der Waals surface area contributed by atoms with E-state index >= 15 is 0 Å². The quantitative estimate of drug-likeness (QED) is 0.313. The number of alkyl halides is 3. The lowest BCUT2D eigenvalue weighted by molar-refractivity contribution is -0.138. The molecule has 0 saturated carbocycles. The summed E-state index contributed by atoms with van der Waals surface area (Å²) in [5.74, 6) is -1.40. The Balaban J connectivity index is 1.89. The number of hydrogen-bond donors (Lipinski definition) is 1. The van der Waals surface area contributed by atoms with E-state index in [0.717, 1.165) is 23.8 Å². The third kappa shape index (κ3) is 8.29. The molecule has 0 fully saturated rings. The van der Waals surface area contributed by atoms with Crippen LogP contribution in [0.1, 0.15) is 36.5 Å². The third-order valence-electron chi connectivity index (χ3n) is 4.09. The van der Waals surface area contributed by atoms with Gasteiger partial charge in [-0.2, -0.15) is 18.2 Å². The molecule has 0 bridgehead atoms. The Kier molecular flexibility index (Phi) is 9.33. The number of carbonyl (C=O) groups excluding carboxylic acids is 1. The summed E-state index contributed by atoms with van der Waals surface area (Å²) in [5.41, 5.74) is 5.30. The zero-order valence-corrected chi connectivity index (χ0v) is 17.2. The first-order valence-corrected chi connectivity index (χ1v) is 9.78. The normalized spacial score (nSPS) is 11.6. The lowest BCUT2D eigenvalue weighted by atomic mass is 10.1. The fourth-order valence-electron chi connectivity index (χ4n) is 2.62. The van der Waals surface area contributed by atoms with Crippen molar-refractivity contribution < 1.29 is 32.2 Å². The number of pyridine rings is 1. The maximum Gasteiger partial charge on any atom is 0.417 e. The number of aromatic nitrogens is 1. The molecule has 0 aliphatic rings. The van der Waals surface area contributed by atoms with Gasteiger partial charge >= 0.3 is 12.1 Å². The molecule has 0 aliphatic heterocycles. The average Bonchev–Trinajstić information content (AvgIpc) is 2.72. The molecule has 2 N–H and O–H groups in total. The summed E-state index contributed by atoms with van der Waals surface area (Å²) < 4.78 is 55.9. The SMILES string of the molecule is CCOC(=O)/C=C/c1c(C(F)(F)F)cc(OCCCCOCc2ccccc2)nc1N. The standard InChI is InChI=1S/C22H25F3N2O4/c1-2-30-20(28)11-10-17-18(22(23,24)25)14-19(27-21(17)26)31-13-7-6-12-29-15-16-8-4-3-5-9-16/h3-5,8-11,14H,2,6-7,12-13,15H2,1H3,(H2,26,27)/b11-10+. The minimum Gasteiger partial charge on any atom is -0.478 e. The highest BCUT2D eigenvalue weighted by Crippen LogP contribution is 2.36. The maximum atomic E-state index is 13.4. The zero-order valence-electron chi connectivity index (χ0n) is 17.2. The number of unbranched alkanes of at least 4 members (excludes halogenated alkanes) is 1. The Labute approximate surface area is 178 Å². The molecule has 0 amide bonds. The molecule has 1 heterocycles. The highest BCUT2D eigenvalue weighted by molar-refractivity contribution is 5.88. The van der Waals surface area contributed by atoms with Gasteiger partial charge < -0.3 is 19.9 Å². The highest BCUT2D eigenvalue weighted by Gasteiger charge is 2.35. The van der Waals surface area contributed by atoms with Crippen LogP contribution >= 0.6 is 0 Å². The van der Waals surface area contributed by atoms with E-state index in [2.05, 4.69) is 9.72 Å². The number of halogens is 3. The summed E-state index contributed by atoms with van der Waals surface area (Å²) in [6.07, 6.45) is -1.63. The van der Waals surface area contributed by atoms with E-state index in [1.54, 1.807) is 6.92 Å². The van der Waals surface area contributed by atoms with Crippen LogP contribution in [-0.2, 0) is 27.1 Å². The Bertz CT molecular complexity index is 871. The van der Waals surface area contributed by atoms with E-state index in [9.17, 15) is 18.0 Å². The molecule has 0 unspecified atom stereocenters. The fourth-order valence-corrected chi connectivity index (χ4v) is 2.62. The van der Waals surface area contributed by atoms with Crippen molar-refractivity contribution in [3.63, 3.8) is 0 Å². The molecule has 0 atom stereocenters. The predicted octanol–water partition coefficient (Wildman–Crippen LogP) is 4.63. The van der Waals surface area contributed by atoms with Gasteiger partial charge in [0, 0.05) is 24.3 Å². The van der Waals surface area contributed by atoms with E-state index in [1.807, 2.05) is 30.3 Å². The molecule has 2 aromatic rings. The van der Waals surface area contributed by atoms with Crippen molar-refractivity contribution >= 4 is 17.9 Å². The molecular weight excluding hydrogens is 413 g/mol. The lowest BCUT2D eigenvalue weighted by Crippen LogP contribution is -2.12. The van der Waals surface area contributed by atoms with E-state index in [1.165, 1.54) is 0 Å². The minimum absolute atomic E-state index is 0.104. The van der Waals surface area contributed by atoms with Crippen molar-refractivity contribution in [1.29, 1.82) is 0 Å². The molecule has 1 aromatic carbocycles. The summed E-state index contributed by atoms with van der Waals surface area (Å²) in [6.45, 7) is 2.85. The second kappa shape index (κ2) is 11.9. The van der Waals surface area contributed by atoms with Gasteiger partial charge in [0.15, 0.2) is 0 Å². The first kappa shape index (κ1) is 24.2. The number of nitrogens with two attached hydrogens (primary N) is 1. The number of carbonyl (C=O) groups is 1. The maximum absolute atomic E-state index is 13.4. The Morgan fingerprint density at radius 2 is 1.87 bits per heavy atom. The molecule has 0 saturated heterocycles. The number of anilines is 1. The monoisotopic (exact) mass is 438 g/mol. The number of ether oxygens (including phenoxy) is 3. The lowest BCUT2D eigenvalue weighted by Gasteiger charge is -2.14. The first-order chi connectivity index (χ1) is 14.8. The molecular formula is C22H25F3N2O4. The van der Waals surface area contributed by atoms with Crippen LogP contribution in [0.15, 0.2) is 42.5 Å². The summed E-state index contributed by atoms with van der Waals surface area (Å²) in [7, 11) is 0. The topological polar surface area (TPSA) is 83.7 Å². The zero-order chi connectivity index (χ0) is 22.7. The molecule has 168 valence electrons. The van der Waals surface area contributed by atoms with E-state index in [4.69, 9.17) is 15.2 Å². The Morgan fingerprint density at radius 1 is 1.16 bits per heavy atom. The highest BCUT2D eigenvalue weighted by atomic mass is 19.4. The predicted molar refractivity (Wildman–Crippen MR) is 110 cm³/mol. The van der Waals surface area contributed by atoms with Crippen LogP contribution in [-0.4, -0.2) is 30.8 Å². The van der Waals surface area contributed by atoms with Crippen LogP contribution in [0.3, 0.4) is 0 Å². The van der Waals surface area contributed by atoms with Gasteiger partial charge in [0.05, 0.1) is 25.4 Å². The largest absolute Gasteiger partial charge is 0.478 e. The number of nitrogen functional groups attached to an aromatic ring is 1. The number of benzene rings is 1. The molecule has 0 aliphatic carbocycles. The molecule has 2 rings (SSSR count). The van der Waals surface area contributed by atoms with Crippen molar-refractivity contribution in [3.05, 3.63) is 59.2 Å². The average molecular weight is 438 g/mol. The van der Waals surface area contributed by atoms with Gasteiger partial charge in [0.2, 0.25) is 5.88 Å². The van der Waals surface area contributed by atoms with Crippen molar-refractivity contribution in [3.8, 4) is 5.88 Å². The summed E-state index contributed by atoms with van der Waals surface area (Å²) in [5, 5.41) is 0. The number of esters is 1. The Hall–Kier alpha value is -3.07. The molecule has 0 radical (unpaired) electrons. The van der Waals surface area contributed by atoms with Crippen LogP contribution in [0, 0.1) is 0 Å². The van der Waals surface area contributed by atoms with Gasteiger partial charge in [-0.25, -0.2) is 4.79 Å². The first-order valence-electron chi connectivity index (χ1n) is 9.78. The van der Waals surface area contributed by atoms with Crippen LogP contribution in [0.4, 0.5) is 19.0 Å². The van der Waals surface area contributed by atoms with Gasteiger partial charge in [-0.05, 0) is 31.4 Å². The molecule has 9 heteroatoms. The molecule has 1 aromatic heterocycles. The second-order valence-corrected chi connectivity index (χ2v) is 6.48. The van der Waals surface area contributed by atoms with Gasteiger partial charge in [0.25, 0.3) is 0 Å². The Morgan fingerprint density at radius 3 is 2.55 bits per heavy atom. The summed E-state index contributed by atoms with van der Waals surface area (Å²) in [4.78, 5) is 15.3. The molecule has 6 nitrogen and oxygen atoms in total. The van der Waals surface area contributed by atoms with Crippen molar-refractivity contribution in [1.82, 2.24) is 4.98 Å². The van der Waals surface area contributed by atoms with Crippen LogP contribution in [0.25, 0.3) is 6.08 Å². The van der Waals surface area contributed by atoms with Crippen molar-refractivity contribution in [2.75, 3.05) is 25.6 Å². The smallest absolute Gasteiger partial charge is 0.417 e. The second-order valence-electron chi connectivity index (χ2n) is 6.48. The van der Waals surface area contributed by atoms with Gasteiger partial charge in [-0.1, -0.05) is 30.3 Å². The number of rotatable bonds is 11. The number of hydrogen-bond acceptors (Lipinski definition) is 6. The number of nitrogens with zero attached hydrogens (tertiary/aromatic N) is 1. The van der Waals surface area contributed by atoms with Crippen LogP contribution in [0.2, 0.25) is 0 Å².